The molecule has 2 amide bonds. The van der Waals surface area contributed by atoms with Gasteiger partial charge in [-0.3, -0.25) is 13.9 Å². The molecule has 0 radical (unpaired) electrons. The zero-order valence-corrected chi connectivity index (χ0v) is 27.2. The van der Waals surface area contributed by atoms with Crippen molar-refractivity contribution in [2.75, 3.05) is 24.0 Å². The van der Waals surface area contributed by atoms with Crippen LogP contribution in [0.3, 0.4) is 0 Å². The van der Waals surface area contributed by atoms with Crippen LogP contribution in [-0.4, -0.2) is 50.9 Å². The summed E-state index contributed by atoms with van der Waals surface area (Å²) >= 11 is 6.07. The smallest absolute Gasteiger partial charge is 0.264 e. The third kappa shape index (κ3) is 8.65. The summed E-state index contributed by atoms with van der Waals surface area (Å²) in [5.74, 6) is -0.572. The number of likely N-dealkylation sites (N-methyl/N-ethyl adjacent to an activating group) is 1. The van der Waals surface area contributed by atoms with Crippen LogP contribution in [-0.2, 0) is 32.6 Å². The first-order valence-corrected chi connectivity index (χ1v) is 16.6. The second-order valence-electron chi connectivity index (χ2n) is 10.5. The van der Waals surface area contributed by atoms with Gasteiger partial charge in [0.1, 0.15) is 18.3 Å². The number of ether oxygens (including phenoxy) is 1. The summed E-state index contributed by atoms with van der Waals surface area (Å²) in [5.41, 5.74) is 2.88. The highest BCUT2D eigenvalue weighted by molar-refractivity contribution is 7.92. The number of sulfonamides is 1. The summed E-state index contributed by atoms with van der Waals surface area (Å²) in [7, 11) is -4.29. The Labute approximate surface area is 270 Å². The van der Waals surface area contributed by atoms with E-state index in [1.54, 1.807) is 31.2 Å². The maximum Gasteiger partial charge on any atom is 0.264 e. The third-order valence-corrected chi connectivity index (χ3v) is 9.20. The van der Waals surface area contributed by atoms with Crippen LogP contribution in [0.25, 0.3) is 0 Å². The van der Waals surface area contributed by atoms with E-state index in [0.29, 0.717) is 17.3 Å². The molecule has 0 heterocycles. The van der Waals surface area contributed by atoms with Gasteiger partial charge in [-0.2, -0.15) is 0 Å². The van der Waals surface area contributed by atoms with Gasteiger partial charge in [-0.15, -0.1) is 0 Å². The minimum Gasteiger partial charge on any atom is -0.492 e. The number of rotatable bonds is 14. The Kier molecular flexibility index (Phi) is 11.6. The number of carbonyl (C=O) groups is 2. The highest BCUT2D eigenvalue weighted by atomic mass is 35.5. The molecule has 0 bridgehead atoms. The van der Waals surface area contributed by atoms with Gasteiger partial charge in [0.25, 0.3) is 10.0 Å². The Bertz CT molecular complexity index is 1700. The zero-order chi connectivity index (χ0) is 32.4. The van der Waals surface area contributed by atoms with Crippen LogP contribution in [0.5, 0.6) is 5.75 Å². The summed E-state index contributed by atoms with van der Waals surface area (Å²) in [6.07, 6.45) is 0.240. The summed E-state index contributed by atoms with van der Waals surface area (Å²) in [5, 5.41) is 3.25. The number of carbonyl (C=O) groups excluding carboxylic acids is 2. The summed E-state index contributed by atoms with van der Waals surface area (Å²) in [6.45, 7) is 5.74. The summed E-state index contributed by atoms with van der Waals surface area (Å²) in [6, 6.07) is 28.6. The summed E-state index contributed by atoms with van der Waals surface area (Å²) < 4.78 is 35.3. The zero-order valence-electron chi connectivity index (χ0n) is 25.6. The van der Waals surface area contributed by atoms with Crippen LogP contribution >= 0.6 is 11.6 Å². The number of amides is 2. The first-order chi connectivity index (χ1) is 21.6. The maximum atomic E-state index is 14.5. The van der Waals surface area contributed by atoms with Crippen LogP contribution in [0, 0.1) is 6.92 Å². The van der Waals surface area contributed by atoms with E-state index in [0.717, 1.165) is 21.0 Å². The fourth-order valence-electron chi connectivity index (χ4n) is 5.04. The van der Waals surface area contributed by atoms with Crippen molar-refractivity contribution in [2.45, 2.75) is 44.7 Å². The molecule has 45 heavy (non-hydrogen) atoms. The Hall–Kier alpha value is -4.34. The van der Waals surface area contributed by atoms with E-state index in [-0.39, 0.29) is 36.1 Å². The monoisotopic (exact) mass is 647 g/mol. The Morgan fingerprint density at radius 3 is 2.20 bits per heavy atom. The molecule has 0 unspecified atom stereocenters. The molecule has 0 aromatic heterocycles. The SMILES string of the molecule is CCNC(=O)[C@H](Cc1ccccc1)N(Cc1cccc(C)c1)C(=O)CN(c1ccccc1OCC)S(=O)(=O)c1ccc(Cl)cc1. The van der Waals surface area contributed by atoms with E-state index in [2.05, 4.69) is 5.32 Å². The third-order valence-electron chi connectivity index (χ3n) is 7.17. The molecule has 1 N–H and O–H groups in total. The van der Waals surface area contributed by atoms with Crippen molar-refractivity contribution in [2.24, 2.45) is 0 Å². The molecule has 0 fully saturated rings. The Morgan fingerprint density at radius 2 is 1.53 bits per heavy atom. The van der Waals surface area contributed by atoms with Crippen LogP contribution in [0.4, 0.5) is 5.69 Å². The molecule has 0 saturated heterocycles. The highest BCUT2D eigenvalue weighted by Gasteiger charge is 2.35. The quantitative estimate of drug-likeness (QED) is 0.181. The van der Waals surface area contributed by atoms with E-state index < -0.39 is 28.5 Å². The van der Waals surface area contributed by atoms with Gasteiger partial charge in [-0.1, -0.05) is 83.9 Å². The molecule has 0 aliphatic heterocycles. The number of halogens is 1. The first-order valence-electron chi connectivity index (χ1n) is 14.8. The standard InChI is InChI=1S/C35H38ClN3O5S/c1-4-37-35(41)32(23-27-13-7-6-8-14-27)38(24-28-15-11-12-26(3)22-28)34(40)25-39(31-16-9-10-17-33(31)44-5-2)45(42,43)30-20-18-29(36)19-21-30/h6-22,32H,4-5,23-25H2,1-3H3,(H,37,41)/t32-/m0/s1. The molecule has 4 aromatic rings. The Balaban J connectivity index is 1.83. The molecule has 1 atom stereocenters. The lowest BCUT2D eigenvalue weighted by molar-refractivity contribution is -0.140. The first kappa shape index (κ1) is 33.6. The van der Waals surface area contributed by atoms with Crippen molar-refractivity contribution in [3.8, 4) is 5.75 Å². The van der Waals surface area contributed by atoms with Gasteiger partial charge in [0.2, 0.25) is 11.8 Å². The molecule has 4 aromatic carbocycles. The normalized spacial score (nSPS) is 11.8. The van der Waals surface area contributed by atoms with Gasteiger partial charge in [-0.25, -0.2) is 8.42 Å². The van der Waals surface area contributed by atoms with Gasteiger partial charge in [0.05, 0.1) is 17.2 Å². The number of aryl methyl sites for hydroxylation is 1. The molecule has 236 valence electrons. The fraction of sp³-hybridized carbons (Fsp3) is 0.257. The van der Waals surface area contributed by atoms with Gasteiger partial charge in [0.15, 0.2) is 0 Å². The largest absolute Gasteiger partial charge is 0.492 e. The van der Waals surface area contributed by atoms with E-state index in [4.69, 9.17) is 16.3 Å². The molecule has 10 heteroatoms. The van der Waals surface area contributed by atoms with Crippen LogP contribution in [0.15, 0.2) is 108 Å². The van der Waals surface area contributed by atoms with Crippen molar-refractivity contribution in [3.63, 3.8) is 0 Å². The second kappa shape index (κ2) is 15.6. The van der Waals surface area contributed by atoms with Crippen molar-refractivity contribution < 1.29 is 22.7 Å². The number of hydrogen-bond acceptors (Lipinski definition) is 5. The molecule has 0 aliphatic carbocycles. The van der Waals surface area contributed by atoms with E-state index >= 15 is 0 Å². The number of hydrogen-bond donors (Lipinski definition) is 1. The predicted octanol–water partition coefficient (Wildman–Crippen LogP) is 6.02. The number of benzene rings is 4. The average Bonchev–Trinajstić information content (AvgIpc) is 3.03. The minimum atomic E-state index is -4.29. The lowest BCUT2D eigenvalue weighted by atomic mass is 10.0. The van der Waals surface area contributed by atoms with E-state index in [1.807, 2.05) is 68.4 Å². The minimum absolute atomic E-state index is 0.0409. The lowest BCUT2D eigenvalue weighted by Crippen LogP contribution is -2.53. The highest BCUT2D eigenvalue weighted by Crippen LogP contribution is 2.33. The number of para-hydroxylation sites is 2. The molecule has 4 rings (SSSR count). The molecular weight excluding hydrogens is 610 g/mol. The van der Waals surface area contributed by atoms with Crippen LogP contribution in [0.1, 0.15) is 30.5 Å². The van der Waals surface area contributed by atoms with E-state index in [1.165, 1.54) is 29.2 Å². The molecule has 8 nitrogen and oxygen atoms in total. The van der Waals surface area contributed by atoms with Gasteiger partial charge in [-0.05, 0) is 68.3 Å². The molecular formula is C35H38ClN3O5S. The van der Waals surface area contributed by atoms with Gasteiger partial charge >= 0.3 is 0 Å². The molecule has 0 aliphatic rings. The van der Waals surface area contributed by atoms with E-state index in [9.17, 15) is 18.0 Å². The number of nitrogens with one attached hydrogen (secondary N) is 1. The maximum absolute atomic E-state index is 14.5. The predicted molar refractivity (Wildman–Crippen MR) is 178 cm³/mol. The molecule has 0 saturated carbocycles. The van der Waals surface area contributed by atoms with Crippen molar-refractivity contribution in [1.29, 1.82) is 0 Å². The number of nitrogens with zero attached hydrogens (tertiary/aromatic N) is 2. The van der Waals surface area contributed by atoms with Crippen LogP contribution in [0.2, 0.25) is 5.02 Å². The topological polar surface area (TPSA) is 96.0 Å². The second-order valence-corrected chi connectivity index (χ2v) is 12.8. The fourth-order valence-corrected chi connectivity index (χ4v) is 6.59. The van der Waals surface area contributed by atoms with Gasteiger partial charge < -0.3 is 15.0 Å². The van der Waals surface area contributed by atoms with Crippen LogP contribution < -0.4 is 14.4 Å². The van der Waals surface area contributed by atoms with Crippen molar-refractivity contribution in [1.82, 2.24) is 10.2 Å². The Morgan fingerprint density at radius 1 is 0.867 bits per heavy atom. The van der Waals surface area contributed by atoms with Crippen molar-refractivity contribution >= 4 is 39.1 Å². The lowest BCUT2D eigenvalue weighted by Gasteiger charge is -2.34. The van der Waals surface area contributed by atoms with Crippen molar-refractivity contribution in [3.05, 3.63) is 125 Å². The van der Waals surface area contributed by atoms with Gasteiger partial charge in [0, 0.05) is 24.5 Å². The summed E-state index contributed by atoms with van der Waals surface area (Å²) in [4.78, 5) is 29.6. The average molecular weight is 648 g/mol. The number of anilines is 1. The molecule has 0 spiro atoms.